The molecule has 0 saturated carbocycles. The molecular formula is C18H17ClN4O3. The molecule has 1 aliphatic heterocycles. The van der Waals surface area contributed by atoms with Gasteiger partial charge < -0.3 is 13.8 Å². The summed E-state index contributed by atoms with van der Waals surface area (Å²) < 4.78 is 10.3. The highest BCUT2D eigenvalue weighted by molar-refractivity contribution is 6.30. The summed E-state index contributed by atoms with van der Waals surface area (Å²) >= 11 is 5.90. The Morgan fingerprint density at radius 1 is 1.12 bits per heavy atom. The Morgan fingerprint density at radius 3 is 2.58 bits per heavy atom. The van der Waals surface area contributed by atoms with Crippen molar-refractivity contribution in [1.82, 2.24) is 19.9 Å². The molecule has 1 amide bonds. The van der Waals surface area contributed by atoms with E-state index in [1.165, 1.54) is 12.5 Å². The van der Waals surface area contributed by atoms with Gasteiger partial charge in [-0.15, -0.1) is 0 Å². The van der Waals surface area contributed by atoms with Crippen LogP contribution in [0.5, 0.6) is 0 Å². The topological polar surface area (TPSA) is 75.6 Å². The van der Waals surface area contributed by atoms with Gasteiger partial charge in [0.05, 0.1) is 18.4 Å². The van der Waals surface area contributed by atoms with Crippen molar-refractivity contribution in [2.45, 2.75) is 6.54 Å². The second-order valence-electron chi connectivity index (χ2n) is 6.10. The fourth-order valence-corrected chi connectivity index (χ4v) is 3.03. The zero-order valence-electron chi connectivity index (χ0n) is 14.0. The van der Waals surface area contributed by atoms with Crippen LogP contribution in [0, 0.1) is 0 Å². The van der Waals surface area contributed by atoms with E-state index in [0.717, 1.165) is 18.7 Å². The molecule has 0 spiro atoms. The number of hydrogen-bond acceptors (Lipinski definition) is 6. The van der Waals surface area contributed by atoms with Gasteiger partial charge in [-0.05, 0) is 30.3 Å². The van der Waals surface area contributed by atoms with Crippen molar-refractivity contribution < 1.29 is 13.7 Å². The summed E-state index contributed by atoms with van der Waals surface area (Å²) in [5, 5.41) is 4.69. The molecule has 0 atom stereocenters. The predicted octanol–water partition coefficient (Wildman–Crippen LogP) is 2.94. The molecule has 1 aromatic carbocycles. The number of hydrogen-bond donors (Lipinski definition) is 0. The van der Waals surface area contributed by atoms with Crippen molar-refractivity contribution in [3.63, 3.8) is 0 Å². The van der Waals surface area contributed by atoms with Crippen molar-refractivity contribution in [1.29, 1.82) is 0 Å². The average molecular weight is 373 g/mol. The number of aromatic nitrogens is 2. The van der Waals surface area contributed by atoms with Crippen LogP contribution in [0.4, 0.5) is 0 Å². The molecule has 0 aliphatic carbocycles. The van der Waals surface area contributed by atoms with Gasteiger partial charge in [0.15, 0.2) is 0 Å². The number of carbonyl (C=O) groups excluding carboxylic acids is 1. The zero-order chi connectivity index (χ0) is 17.9. The van der Waals surface area contributed by atoms with E-state index in [1.807, 2.05) is 17.0 Å². The average Bonchev–Trinajstić information content (AvgIpc) is 3.35. The largest absolute Gasteiger partial charge is 0.472 e. The molecule has 0 N–H and O–H groups in total. The Labute approximate surface area is 155 Å². The number of nitrogens with zero attached hydrogens (tertiary/aromatic N) is 4. The summed E-state index contributed by atoms with van der Waals surface area (Å²) in [6.07, 6.45) is 2.99. The monoisotopic (exact) mass is 372 g/mol. The molecule has 1 saturated heterocycles. The summed E-state index contributed by atoms with van der Waals surface area (Å²) in [5.41, 5.74) is 1.45. The van der Waals surface area contributed by atoms with E-state index in [9.17, 15) is 4.79 Å². The Balaban J connectivity index is 1.33. The van der Waals surface area contributed by atoms with E-state index in [-0.39, 0.29) is 5.91 Å². The summed E-state index contributed by atoms with van der Waals surface area (Å²) in [6.45, 7) is 3.38. The van der Waals surface area contributed by atoms with Crippen molar-refractivity contribution in [2.24, 2.45) is 0 Å². The Hall–Kier alpha value is -2.64. The van der Waals surface area contributed by atoms with Crippen LogP contribution in [0.15, 0.2) is 51.8 Å². The van der Waals surface area contributed by atoms with Gasteiger partial charge in [-0.25, -0.2) is 0 Å². The fraction of sp³-hybridized carbons (Fsp3) is 0.278. The van der Waals surface area contributed by atoms with Crippen LogP contribution in [-0.2, 0) is 6.54 Å². The molecule has 1 fully saturated rings. The predicted molar refractivity (Wildman–Crippen MR) is 94.6 cm³/mol. The molecule has 2 aromatic heterocycles. The molecule has 0 radical (unpaired) electrons. The highest BCUT2D eigenvalue weighted by Crippen LogP contribution is 2.19. The molecule has 0 unspecified atom stereocenters. The minimum atomic E-state index is 0.00112. The normalized spacial score (nSPS) is 15.3. The lowest BCUT2D eigenvalue weighted by atomic mass is 10.2. The molecule has 8 heteroatoms. The van der Waals surface area contributed by atoms with Crippen LogP contribution in [0.25, 0.3) is 11.4 Å². The van der Waals surface area contributed by atoms with Crippen molar-refractivity contribution in [3.8, 4) is 11.4 Å². The standard InChI is InChI=1S/C18H17ClN4O3/c19-15-3-1-13(2-4-15)17-20-16(26-21-17)11-22-6-8-23(9-7-22)18(24)14-5-10-25-12-14/h1-5,10,12H,6-9,11H2. The molecular weight excluding hydrogens is 356 g/mol. The van der Waals surface area contributed by atoms with Gasteiger partial charge in [0.1, 0.15) is 6.26 Å². The van der Waals surface area contributed by atoms with E-state index in [2.05, 4.69) is 15.0 Å². The van der Waals surface area contributed by atoms with E-state index in [0.29, 0.717) is 41.9 Å². The van der Waals surface area contributed by atoms with E-state index >= 15 is 0 Å². The fourth-order valence-electron chi connectivity index (χ4n) is 2.90. The van der Waals surface area contributed by atoms with Crippen LogP contribution < -0.4 is 0 Å². The number of piperazine rings is 1. The van der Waals surface area contributed by atoms with Crippen LogP contribution in [0.2, 0.25) is 5.02 Å². The van der Waals surface area contributed by atoms with E-state index in [4.69, 9.17) is 20.5 Å². The SMILES string of the molecule is O=C(c1ccoc1)N1CCN(Cc2nc(-c3ccc(Cl)cc3)no2)CC1. The second-order valence-corrected chi connectivity index (χ2v) is 6.54. The first-order chi connectivity index (χ1) is 12.7. The molecule has 26 heavy (non-hydrogen) atoms. The maximum atomic E-state index is 12.3. The Bertz CT molecular complexity index is 868. The number of rotatable bonds is 4. The van der Waals surface area contributed by atoms with Crippen molar-refractivity contribution in [3.05, 3.63) is 59.3 Å². The number of benzene rings is 1. The smallest absolute Gasteiger partial charge is 0.257 e. The third kappa shape index (κ3) is 3.63. The third-order valence-corrected chi connectivity index (χ3v) is 4.61. The maximum Gasteiger partial charge on any atom is 0.257 e. The number of amides is 1. The first-order valence-corrected chi connectivity index (χ1v) is 8.69. The van der Waals surface area contributed by atoms with Crippen LogP contribution in [-0.4, -0.2) is 52.0 Å². The molecule has 7 nitrogen and oxygen atoms in total. The molecule has 3 aromatic rings. The molecule has 134 valence electrons. The van der Waals surface area contributed by atoms with Gasteiger partial charge in [0, 0.05) is 36.8 Å². The van der Waals surface area contributed by atoms with Gasteiger partial charge in [-0.2, -0.15) is 4.98 Å². The van der Waals surface area contributed by atoms with E-state index in [1.54, 1.807) is 18.2 Å². The number of halogens is 1. The quantitative estimate of drug-likeness (QED) is 0.701. The molecule has 1 aliphatic rings. The van der Waals surface area contributed by atoms with Gasteiger partial charge in [0.25, 0.3) is 5.91 Å². The maximum absolute atomic E-state index is 12.3. The van der Waals surface area contributed by atoms with Gasteiger partial charge in [-0.1, -0.05) is 16.8 Å². The van der Waals surface area contributed by atoms with Crippen LogP contribution in [0.3, 0.4) is 0 Å². The van der Waals surface area contributed by atoms with Crippen molar-refractivity contribution in [2.75, 3.05) is 26.2 Å². The number of furan rings is 1. The van der Waals surface area contributed by atoms with E-state index < -0.39 is 0 Å². The Morgan fingerprint density at radius 2 is 1.88 bits per heavy atom. The van der Waals surface area contributed by atoms with Gasteiger partial charge in [0.2, 0.25) is 11.7 Å². The lowest BCUT2D eigenvalue weighted by molar-refractivity contribution is 0.0614. The zero-order valence-corrected chi connectivity index (χ0v) is 14.7. The highest BCUT2D eigenvalue weighted by atomic mass is 35.5. The Kier molecular flexibility index (Phi) is 4.73. The second kappa shape index (κ2) is 7.31. The van der Waals surface area contributed by atoms with Crippen LogP contribution >= 0.6 is 11.6 Å². The lowest BCUT2D eigenvalue weighted by Gasteiger charge is -2.33. The highest BCUT2D eigenvalue weighted by Gasteiger charge is 2.24. The van der Waals surface area contributed by atoms with Crippen LogP contribution in [0.1, 0.15) is 16.2 Å². The molecule has 4 rings (SSSR count). The lowest BCUT2D eigenvalue weighted by Crippen LogP contribution is -2.48. The molecule has 0 bridgehead atoms. The van der Waals surface area contributed by atoms with Crippen molar-refractivity contribution >= 4 is 17.5 Å². The summed E-state index contributed by atoms with van der Waals surface area (Å²) in [7, 11) is 0. The van der Waals surface area contributed by atoms with Gasteiger partial charge >= 0.3 is 0 Å². The summed E-state index contributed by atoms with van der Waals surface area (Å²) in [6, 6.07) is 8.99. The minimum absolute atomic E-state index is 0.00112. The molecule has 3 heterocycles. The summed E-state index contributed by atoms with van der Waals surface area (Å²) in [5.74, 6) is 1.11. The summed E-state index contributed by atoms with van der Waals surface area (Å²) in [4.78, 5) is 20.8. The minimum Gasteiger partial charge on any atom is -0.472 e. The van der Waals surface area contributed by atoms with Gasteiger partial charge in [-0.3, -0.25) is 9.69 Å². The third-order valence-electron chi connectivity index (χ3n) is 4.36. The first-order valence-electron chi connectivity index (χ1n) is 8.31. The number of carbonyl (C=O) groups is 1. The first kappa shape index (κ1) is 16.8.